The normalized spacial score (nSPS) is 15.3. The highest BCUT2D eigenvalue weighted by molar-refractivity contribution is 5.85. The summed E-state index contributed by atoms with van der Waals surface area (Å²) in [6.07, 6.45) is 2.13. The zero-order valence-electron chi connectivity index (χ0n) is 15.3. The molecule has 1 amide bonds. The van der Waals surface area contributed by atoms with Gasteiger partial charge >= 0.3 is 5.97 Å². The highest BCUT2D eigenvalue weighted by Crippen LogP contribution is 2.19. The van der Waals surface area contributed by atoms with Crippen molar-refractivity contribution in [2.24, 2.45) is 0 Å². The average molecular weight is 370 g/mol. The predicted octanol–water partition coefficient (Wildman–Crippen LogP) is 1.60. The summed E-state index contributed by atoms with van der Waals surface area (Å²) in [6.45, 7) is 6.00. The third-order valence-electron chi connectivity index (χ3n) is 4.52. The van der Waals surface area contributed by atoms with Gasteiger partial charge in [-0.05, 0) is 25.5 Å². The predicted molar refractivity (Wildman–Crippen MR) is 99.1 cm³/mol. The number of benzene rings is 1. The number of nitrogens with zero attached hydrogens (tertiary/aromatic N) is 4. The topological polar surface area (TPSA) is 95.9 Å². The van der Waals surface area contributed by atoms with Crippen molar-refractivity contribution in [3.63, 3.8) is 0 Å². The molecule has 1 unspecified atom stereocenters. The summed E-state index contributed by atoms with van der Waals surface area (Å²) in [5.41, 5.74) is 0.903. The molecule has 27 heavy (non-hydrogen) atoms. The molecule has 8 nitrogen and oxygen atoms in total. The standard InChI is InChI=1S/C19H22N4O4/c1-13-5-3-4-6-16(13)27-14(2)18(24)23-9-7-22(8-10-23)17-12-20-15(11-21-17)19(25)26/h3-6,11-12,14H,7-10H2,1-2H3,(H,25,26). The Morgan fingerprint density at radius 3 is 2.41 bits per heavy atom. The molecule has 0 aliphatic carbocycles. The van der Waals surface area contributed by atoms with E-state index in [1.165, 1.54) is 12.4 Å². The summed E-state index contributed by atoms with van der Waals surface area (Å²) in [5.74, 6) is 0.166. The van der Waals surface area contributed by atoms with Crippen molar-refractivity contribution in [2.45, 2.75) is 20.0 Å². The van der Waals surface area contributed by atoms with Crippen molar-refractivity contribution in [3.05, 3.63) is 47.9 Å². The number of aryl methyl sites for hydroxylation is 1. The molecule has 1 atom stereocenters. The number of anilines is 1. The first-order valence-electron chi connectivity index (χ1n) is 8.77. The number of hydrogen-bond acceptors (Lipinski definition) is 6. The minimum atomic E-state index is -1.10. The van der Waals surface area contributed by atoms with Crippen molar-refractivity contribution in [3.8, 4) is 5.75 Å². The maximum absolute atomic E-state index is 12.7. The number of ether oxygens (including phenoxy) is 1. The van der Waals surface area contributed by atoms with Crippen molar-refractivity contribution in [1.82, 2.24) is 14.9 Å². The lowest BCUT2D eigenvalue weighted by atomic mass is 10.2. The first-order chi connectivity index (χ1) is 13.0. The number of carboxylic acid groups (broad SMARTS) is 1. The molecule has 1 aromatic carbocycles. The number of para-hydroxylation sites is 1. The first-order valence-corrected chi connectivity index (χ1v) is 8.77. The van der Waals surface area contributed by atoms with E-state index >= 15 is 0 Å². The number of carbonyl (C=O) groups excluding carboxylic acids is 1. The van der Waals surface area contributed by atoms with Gasteiger partial charge in [0.05, 0.1) is 12.4 Å². The molecule has 1 saturated heterocycles. The summed E-state index contributed by atoms with van der Waals surface area (Å²) in [5, 5.41) is 8.88. The Kier molecular flexibility index (Phi) is 5.54. The van der Waals surface area contributed by atoms with E-state index in [2.05, 4.69) is 9.97 Å². The molecule has 0 saturated carbocycles. The van der Waals surface area contributed by atoms with E-state index in [1.807, 2.05) is 36.1 Å². The largest absolute Gasteiger partial charge is 0.481 e. The summed E-state index contributed by atoms with van der Waals surface area (Å²) < 4.78 is 5.82. The lowest BCUT2D eigenvalue weighted by molar-refractivity contribution is -0.138. The molecule has 1 aliphatic heterocycles. The maximum atomic E-state index is 12.7. The van der Waals surface area contributed by atoms with Crippen molar-refractivity contribution < 1.29 is 19.4 Å². The van der Waals surface area contributed by atoms with Crippen LogP contribution >= 0.6 is 0 Å². The second-order valence-electron chi connectivity index (χ2n) is 6.40. The zero-order chi connectivity index (χ0) is 19.4. The molecule has 8 heteroatoms. The molecule has 2 aromatic rings. The Bertz CT molecular complexity index is 817. The molecule has 0 bridgehead atoms. The molecular weight excluding hydrogens is 348 g/mol. The van der Waals surface area contributed by atoms with Gasteiger partial charge in [-0.25, -0.2) is 14.8 Å². The van der Waals surface area contributed by atoms with Crippen LogP contribution in [0.4, 0.5) is 5.82 Å². The quantitative estimate of drug-likeness (QED) is 0.854. The Morgan fingerprint density at radius 1 is 1.11 bits per heavy atom. The van der Waals surface area contributed by atoms with Gasteiger partial charge in [-0.3, -0.25) is 4.79 Å². The van der Waals surface area contributed by atoms with E-state index in [9.17, 15) is 9.59 Å². The van der Waals surface area contributed by atoms with Crippen molar-refractivity contribution in [1.29, 1.82) is 0 Å². The fourth-order valence-corrected chi connectivity index (χ4v) is 2.94. The third-order valence-corrected chi connectivity index (χ3v) is 4.52. The van der Waals surface area contributed by atoms with Gasteiger partial charge in [0.2, 0.25) is 0 Å². The average Bonchev–Trinajstić information content (AvgIpc) is 2.69. The molecule has 1 N–H and O–H groups in total. The van der Waals surface area contributed by atoms with E-state index in [0.717, 1.165) is 5.56 Å². The van der Waals surface area contributed by atoms with Gasteiger partial charge in [-0.15, -0.1) is 0 Å². The molecule has 1 fully saturated rings. The molecule has 1 aliphatic rings. The van der Waals surface area contributed by atoms with Gasteiger partial charge in [0.15, 0.2) is 11.8 Å². The van der Waals surface area contributed by atoms with Crippen LogP contribution in [-0.4, -0.2) is 64.1 Å². The number of amides is 1. The minimum Gasteiger partial charge on any atom is -0.481 e. The van der Waals surface area contributed by atoms with E-state index in [0.29, 0.717) is 37.7 Å². The molecule has 2 heterocycles. The SMILES string of the molecule is Cc1ccccc1OC(C)C(=O)N1CCN(c2cnc(C(=O)O)cn2)CC1. The number of hydrogen-bond donors (Lipinski definition) is 1. The van der Waals surface area contributed by atoms with Crippen LogP contribution < -0.4 is 9.64 Å². The van der Waals surface area contributed by atoms with E-state index in [1.54, 1.807) is 11.8 Å². The van der Waals surface area contributed by atoms with Crippen LogP contribution in [0.5, 0.6) is 5.75 Å². The van der Waals surface area contributed by atoms with Gasteiger partial charge in [0.25, 0.3) is 5.91 Å². The third kappa shape index (κ3) is 4.33. The second-order valence-corrected chi connectivity index (χ2v) is 6.40. The molecule has 3 rings (SSSR count). The van der Waals surface area contributed by atoms with Crippen LogP contribution in [0, 0.1) is 6.92 Å². The van der Waals surface area contributed by atoms with Crippen molar-refractivity contribution >= 4 is 17.7 Å². The monoisotopic (exact) mass is 370 g/mol. The van der Waals surface area contributed by atoms with Crippen LogP contribution in [0.15, 0.2) is 36.7 Å². The van der Waals surface area contributed by atoms with Gasteiger partial charge in [0.1, 0.15) is 11.6 Å². The zero-order valence-corrected chi connectivity index (χ0v) is 15.3. The van der Waals surface area contributed by atoms with Gasteiger partial charge < -0.3 is 19.6 Å². The lowest BCUT2D eigenvalue weighted by Crippen LogP contribution is -2.52. The van der Waals surface area contributed by atoms with Crippen LogP contribution in [0.2, 0.25) is 0 Å². The number of rotatable bonds is 5. The highest BCUT2D eigenvalue weighted by atomic mass is 16.5. The van der Waals surface area contributed by atoms with Gasteiger partial charge in [-0.1, -0.05) is 18.2 Å². The fourth-order valence-electron chi connectivity index (χ4n) is 2.94. The van der Waals surface area contributed by atoms with Crippen LogP contribution in [0.3, 0.4) is 0 Å². The van der Waals surface area contributed by atoms with Crippen LogP contribution in [0.1, 0.15) is 23.0 Å². The summed E-state index contributed by atoms with van der Waals surface area (Å²) in [6, 6.07) is 7.62. The summed E-state index contributed by atoms with van der Waals surface area (Å²) in [4.78, 5) is 35.3. The fraction of sp³-hybridized carbons (Fsp3) is 0.368. The Hall–Kier alpha value is -3.16. The smallest absolute Gasteiger partial charge is 0.356 e. The molecule has 1 aromatic heterocycles. The number of carbonyl (C=O) groups is 2. The highest BCUT2D eigenvalue weighted by Gasteiger charge is 2.27. The first kappa shape index (κ1) is 18.6. The molecule has 142 valence electrons. The minimum absolute atomic E-state index is 0.0507. The van der Waals surface area contributed by atoms with Crippen LogP contribution in [0.25, 0.3) is 0 Å². The van der Waals surface area contributed by atoms with E-state index < -0.39 is 12.1 Å². The Labute approximate surface area is 157 Å². The number of aromatic carboxylic acids is 1. The molecular formula is C19H22N4O4. The van der Waals surface area contributed by atoms with Crippen molar-refractivity contribution in [2.75, 3.05) is 31.1 Å². The molecule has 0 spiro atoms. The van der Waals surface area contributed by atoms with Gasteiger partial charge in [-0.2, -0.15) is 0 Å². The summed E-state index contributed by atoms with van der Waals surface area (Å²) >= 11 is 0. The number of carboxylic acids is 1. The van der Waals surface area contributed by atoms with Gasteiger partial charge in [0, 0.05) is 26.2 Å². The maximum Gasteiger partial charge on any atom is 0.356 e. The Morgan fingerprint density at radius 2 is 1.81 bits per heavy atom. The number of piperazine rings is 1. The Balaban J connectivity index is 1.55. The van der Waals surface area contributed by atoms with E-state index in [-0.39, 0.29) is 11.6 Å². The molecule has 0 radical (unpaired) electrons. The van der Waals surface area contributed by atoms with E-state index in [4.69, 9.17) is 9.84 Å². The second kappa shape index (κ2) is 8.03. The van der Waals surface area contributed by atoms with Crippen LogP contribution in [-0.2, 0) is 4.79 Å². The number of aromatic nitrogens is 2. The summed E-state index contributed by atoms with van der Waals surface area (Å²) in [7, 11) is 0. The lowest BCUT2D eigenvalue weighted by Gasteiger charge is -2.36.